The zero-order chi connectivity index (χ0) is 19.0. The van der Waals surface area contributed by atoms with Gasteiger partial charge in [-0.3, -0.25) is 4.90 Å². The van der Waals surface area contributed by atoms with Crippen LogP contribution < -0.4 is 9.80 Å². The fraction of sp³-hybridized carbons (Fsp3) is 0.667. The normalized spacial score (nSPS) is 22.6. The number of nitrogens with zero attached hydrogens (tertiary/aromatic N) is 7. The number of aromatic nitrogens is 4. The van der Waals surface area contributed by atoms with Gasteiger partial charge in [0.15, 0.2) is 5.82 Å². The van der Waals surface area contributed by atoms with E-state index in [1.54, 1.807) is 6.20 Å². The lowest BCUT2D eigenvalue weighted by molar-refractivity contribution is 0.249. The van der Waals surface area contributed by atoms with E-state index in [0.717, 1.165) is 24.5 Å². The fourth-order valence-corrected chi connectivity index (χ4v) is 3.52. The van der Waals surface area contributed by atoms with Crippen LogP contribution in [0.4, 0.5) is 16.2 Å². The van der Waals surface area contributed by atoms with Crippen LogP contribution in [0, 0.1) is 0 Å². The second-order valence-electron chi connectivity index (χ2n) is 7.77. The Labute approximate surface area is 158 Å². The maximum Gasteiger partial charge on any atom is 0.240 e. The summed E-state index contributed by atoms with van der Waals surface area (Å²) in [7, 11) is 5.79. The molecule has 3 heterocycles. The van der Waals surface area contributed by atoms with Gasteiger partial charge in [0.1, 0.15) is 12.0 Å². The van der Waals surface area contributed by atoms with Gasteiger partial charge in [-0.15, -0.1) is 0 Å². The van der Waals surface area contributed by atoms with Gasteiger partial charge in [-0.05, 0) is 26.0 Å². The van der Waals surface area contributed by atoms with Crippen molar-refractivity contribution < 1.29 is 8.91 Å². The molecule has 0 N–H and O–H groups in total. The Hall–Kier alpha value is -2.29. The third-order valence-electron chi connectivity index (χ3n) is 5.04. The molecule has 27 heavy (non-hydrogen) atoms. The molecule has 146 valence electrons. The van der Waals surface area contributed by atoms with E-state index in [9.17, 15) is 4.39 Å². The van der Waals surface area contributed by atoms with Gasteiger partial charge in [-0.25, -0.2) is 9.37 Å². The Bertz CT molecular complexity index is 779. The van der Waals surface area contributed by atoms with Crippen molar-refractivity contribution in [3.63, 3.8) is 0 Å². The van der Waals surface area contributed by atoms with Crippen molar-refractivity contribution in [3.05, 3.63) is 24.0 Å². The molecule has 0 radical (unpaired) electrons. The molecule has 2 aliphatic rings. The van der Waals surface area contributed by atoms with Crippen LogP contribution >= 0.6 is 0 Å². The molecule has 4 rings (SSSR count). The first kappa shape index (κ1) is 18.1. The minimum Gasteiger partial charge on any atom is -0.349 e. The molecule has 1 saturated heterocycles. The lowest BCUT2D eigenvalue weighted by atomic mass is 10.2. The smallest absolute Gasteiger partial charge is 0.240 e. The van der Waals surface area contributed by atoms with E-state index >= 15 is 0 Å². The maximum absolute atomic E-state index is 14.2. The van der Waals surface area contributed by atoms with Crippen LogP contribution in [0.2, 0.25) is 0 Å². The van der Waals surface area contributed by atoms with Gasteiger partial charge in [0.25, 0.3) is 0 Å². The molecule has 0 amide bonds. The van der Waals surface area contributed by atoms with E-state index in [-0.39, 0.29) is 6.04 Å². The second kappa shape index (κ2) is 7.38. The molecule has 2 aromatic heterocycles. The van der Waals surface area contributed by atoms with Crippen LogP contribution in [0.15, 0.2) is 16.8 Å². The largest absolute Gasteiger partial charge is 0.349 e. The van der Waals surface area contributed by atoms with Crippen LogP contribution in [-0.4, -0.2) is 71.5 Å². The van der Waals surface area contributed by atoms with Gasteiger partial charge in [-0.2, -0.15) is 9.97 Å². The third kappa shape index (κ3) is 4.18. The number of hydrogen-bond acceptors (Lipinski definition) is 8. The van der Waals surface area contributed by atoms with E-state index in [0.29, 0.717) is 43.8 Å². The van der Waals surface area contributed by atoms with Crippen molar-refractivity contribution in [2.75, 3.05) is 44.0 Å². The average molecular weight is 375 g/mol. The summed E-state index contributed by atoms with van der Waals surface area (Å²) in [5, 5.41) is 4.06. The molecule has 0 aromatic carbocycles. The van der Waals surface area contributed by atoms with Crippen molar-refractivity contribution in [2.24, 2.45) is 0 Å². The van der Waals surface area contributed by atoms with E-state index in [4.69, 9.17) is 4.52 Å². The van der Waals surface area contributed by atoms with Crippen LogP contribution in [0.3, 0.4) is 0 Å². The Morgan fingerprint density at radius 2 is 2.07 bits per heavy atom. The second-order valence-corrected chi connectivity index (χ2v) is 7.77. The van der Waals surface area contributed by atoms with E-state index < -0.39 is 6.17 Å². The van der Waals surface area contributed by atoms with Crippen molar-refractivity contribution in [1.29, 1.82) is 0 Å². The quantitative estimate of drug-likeness (QED) is 0.726. The Balaban J connectivity index is 1.42. The van der Waals surface area contributed by atoms with Crippen LogP contribution in [-0.2, 0) is 6.54 Å². The highest BCUT2D eigenvalue weighted by Gasteiger charge is 2.34. The van der Waals surface area contributed by atoms with Crippen molar-refractivity contribution >= 4 is 11.8 Å². The van der Waals surface area contributed by atoms with Crippen LogP contribution in [0.1, 0.15) is 36.9 Å². The zero-order valence-electron chi connectivity index (χ0n) is 16.0. The van der Waals surface area contributed by atoms with Gasteiger partial charge in [0.2, 0.25) is 11.8 Å². The number of hydrogen-bond donors (Lipinski definition) is 0. The molecular weight excluding hydrogens is 349 g/mol. The first-order valence-corrected chi connectivity index (χ1v) is 9.41. The molecule has 1 aliphatic carbocycles. The van der Waals surface area contributed by atoms with Crippen LogP contribution in [0.25, 0.3) is 0 Å². The number of alkyl halides is 1. The first-order chi connectivity index (χ1) is 13.0. The summed E-state index contributed by atoms with van der Waals surface area (Å²) in [5.41, 5.74) is 0. The Morgan fingerprint density at radius 1 is 1.26 bits per heavy atom. The lowest BCUT2D eigenvalue weighted by Gasteiger charge is -2.29. The Morgan fingerprint density at radius 3 is 2.81 bits per heavy atom. The summed E-state index contributed by atoms with van der Waals surface area (Å²) in [6, 6.07) is 1.89. The molecule has 0 spiro atoms. The highest BCUT2D eigenvalue weighted by molar-refractivity contribution is 5.45. The van der Waals surface area contributed by atoms with Gasteiger partial charge in [0, 0.05) is 45.2 Å². The van der Waals surface area contributed by atoms with E-state index in [1.165, 1.54) is 0 Å². The number of anilines is 2. The molecule has 1 aliphatic heterocycles. The van der Waals surface area contributed by atoms with Crippen LogP contribution in [0.5, 0.6) is 0 Å². The van der Waals surface area contributed by atoms with E-state index in [1.807, 2.05) is 37.0 Å². The predicted octanol–water partition coefficient (Wildman–Crippen LogP) is 1.85. The van der Waals surface area contributed by atoms with Gasteiger partial charge in [-0.1, -0.05) is 5.16 Å². The SMILES string of the molecule is CN(Cc1nc(C2CC2)no1)C[C@@H]1C[C@H](F)CN1c1ccnc(N(C)C)n1. The summed E-state index contributed by atoms with van der Waals surface area (Å²) in [6.07, 6.45) is 3.66. The summed E-state index contributed by atoms with van der Waals surface area (Å²) in [4.78, 5) is 19.3. The van der Waals surface area contributed by atoms with Crippen molar-refractivity contribution in [1.82, 2.24) is 25.0 Å². The van der Waals surface area contributed by atoms with E-state index in [2.05, 4.69) is 25.0 Å². The van der Waals surface area contributed by atoms with Gasteiger partial charge >= 0.3 is 0 Å². The molecule has 8 nitrogen and oxygen atoms in total. The zero-order valence-corrected chi connectivity index (χ0v) is 16.0. The minimum atomic E-state index is -0.856. The first-order valence-electron chi connectivity index (χ1n) is 9.41. The maximum atomic E-state index is 14.2. The summed E-state index contributed by atoms with van der Waals surface area (Å²) in [6.45, 7) is 1.62. The number of likely N-dealkylation sites (N-methyl/N-ethyl adjacent to an activating group) is 1. The number of halogens is 1. The highest BCUT2D eigenvalue weighted by atomic mass is 19.1. The van der Waals surface area contributed by atoms with Crippen molar-refractivity contribution in [2.45, 2.75) is 43.9 Å². The summed E-state index contributed by atoms with van der Waals surface area (Å²) >= 11 is 0. The topological polar surface area (TPSA) is 74.4 Å². The highest BCUT2D eigenvalue weighted by Crippen LogP contribution is 2.38. The third-order valence-corrected chi connectivity index (χ3v) is 5.04. The molecule has 2 fully saturated rings. The number of rotatable bonds is 7. The summed E-state index contributed by atoms with van der Waals surface area (Å²) in [5.74, 6) is 3.31. The molecule has 1 saturated carbocycles. The minimum absolute atomic E-state index is 0.0423. The molecule has 2 aromatic rings. The monoisotopic (exact) mass is 375 g/mol. The molecular formula is C18H26FN7O. The van der Waals surface area contributed by atoms with Gasteiger partial charge in [0.05, 0.1) is 13.1 Å². The summed E-state index contributed by atoms with van der Waals surface area (Å²) < 4.78 is 19.5. The Kier molecular flexibility index (Phi) is 4.94. The van der Waals surface area contributed by atoms with Gasteiger partial charge < -0.3 is 14.3 Å². The molecule has 9 heteroatoms. The molecule has 2 atom stereocenters. The molecule has 0 bridgehead atoms. The van der Waals surface area contributed by atoms with Crippen molar-refractivity contribution in [3.8, 4) is 0 Å². The fourth-order valence-electron chi connectivity index (χ4n) is 3.52. The average Bonchev–Trinajstić information content (AvgIpc) is 3.28. The standard InChI is InChI=1S/C18H26FN7O/c1-24(2)18-20-7-6-15(21-18)26-9-13(19)8-14(26)10-25(3)11-16-22-17(23-27-16)12-4-5-12/h6-7,12-14H,4-5,8-11H2,1-3H3/t13-,14-/m0/s1. The lowest BCUT2D eigenvalue weighted by Crippen LogP contribution is -2.39. The predicted molar refractivity (Wildman–Crippen MR) is 99.6 cm³/mol. The molecule has 0 unspecified atom stereocenters.